The largest absolute Gasteiger partial charge is 0.379 e. The number of hydrogen-bond donors (Lipinski definition) is 2. The molecule has 2 atom stereocenters. The molecule has 0 saturated carbocycles. The number of nitrogens with zero attached hydrogens (tertiary/aromatic N) is 2. The smallest absolute Gasteiger partial charge is 0.191 e. The zero-order valence-corrected chi connectivity index (χ0v) is 17.9. The molecule has 1 heterocycles. The molecule has 1 aromatic rings. The highest BCUT2D eigenvalue weighted by Gasteiger charge is 2.15. The summed E-state index contributed by atoms with van der Waals surface area (Å²) in [5, 5.41) is 6.50. The van der Waals surface area contributed by atoms with E-state index < -0.39 is 11.6 Å². The fourth-order valence-corrected chi connectivity index (χ4v) is 2.82. The summed E-state index contributed by atoms with van der Waals surface area (Å²) in [5.74, 6) is -0.579. The third-order valence-electron chi connectivity index (χ3n) is 4.31. The number of guanidine groups is 1. The van der Waals surface area contributed by atoms with Gasteiger partial charge in [0.15, 0.2) is 17.6 Å². The summed E-state index contributed by atoms with van der Waals surface area (Å²) in [6.45, 7) is 9.41. The van der Waals surface area contributed by atoms with Crippen LogP contribution in [0.5, 0.6) is 0 Å². The first-order valence-electron chi connectivity index (χ1n) is 8.71. The number of aliphatic imine (C=N–C) groups is 1. The molecule has 0 aromatic heterocycles. The van der Waals surface area contributed by atoms with Gasteiger partial charge in [0.05, 0.1) is 19.3 Å². The molecule has 0 amide bonds. The Kier molecular flexibility index (Phi) is 10.3. The molecule has 26 heavy (non-hydrogen) atoms. The number of benzene rings is 1. The highest BCUT2D eigenvalue weighted by molar-refractivity contribution is 14.0. The summed E-state index contributed by atoms with van der Waals surface area (Å²) in [5.41, 5.74) is 0.670. The molecule has 2 rings (SSSR count). The van der Waals surface area contributed by atoms with Gasteiger partial charge in [-0.3, -0.25) is 9.89 Å². The maximum Gasteiger partial charge on any atom is 0.191 e. The molecule has 5 nitrogen and oxygen atoms in total. The topological polar surface area (TPSA) is 48.9 Å². The van der Waals surface area contributed by atoms with Crippen LogP contribution in [-0.2, 0) is 4.74 Å². The van der Waals surface area contributed by atoms with Gasteiger partial charge in [-0.15, -0.1) is 24.0 Å². The Morgan fingerprint density at radius 1 is 1.23 bits per heavy atom. The van der Waals surface area contributed by atoms with E-state index in [0.29, 0.717) is 17.4 Å². The summed E-state index contributed by atoms with van der Waals surface area (Å²) >= 11 is 0. The van der Waals surface area contributed by atoms with E-state index in [1.165, 1.54) is 6.07 Å². The molecule has 148 valence electrons. The molecule has 2 N–H and O–H groups in total. The molecule has 8 heteroatoms. The van der Waals surface area contributed by atoms with Crippen molar-refractivity contribution in [3.8, 4) is 0 Å². The second-order valence-electron chi connectivity index (χ2n) is 6.51. The Bertz CT molecular complexity index is 582. The van der Waals surface area contributed by atoms with Gasteiger partial charge in [-0.1, -0.05) is 13.0 Å². The zero-order chi connectivity index (χ0) is 18.2. The number of ether oxygens (including phenoxy) is 1. The van der Waals surface area contributed by atoms with Crippen LogP contribution >= 0.6 is 24.0 Å². The van der Waals surface area contributed by atoms with Gasteiger partial charge in [0.25, 0.3) is 0 Å². The van der Waals surface area contributed by atoms with Crippen molar-refractivity contribution in [2.24, 2.45) is 10.9 Å². The molecule has 0 bridgehead atoms. The van der Waals surface area contributed by atoms with Gasteiger partial charge in [0.2, 0.25) is 0 Å². The molecule has 0 spiro atoms. The summed E-state index contributed by atoms with van der Waals surface area (Å²) in [4.78, 5) is 6.60. The first-order chi connectivity index (χ1) is 12.0. The fraction of sp³-hybridized carbons (Fsp3) is 0.611. The third kappa shape index (κ3) is 7.32. The lowest BCUT2D eigenvalue weighted by molar-refractivity contribution is 0.0320. The van der Waals surface area contributed by atoms with E-state index in [4.69, 9.17) is 4.74 Å². The number of hydrogen-bond acceptors (Lipinski definition) is 3. The average Bonchev–Trinajstić information content (AvgIpc) is 2.61. The fourth-order valence-electron chi connectivity index (χ4n) is 2.82. The first kappa shape index (κ1) is 23.0. The normalized spacial score (nSPS) is 18.0. The third-order valence-corrected chi connectivity index (χ3v) is 4.31. The van der Waals surface area contributed by atoms with E-state index in [1.54, 1.807) is 13.1 Å². The minimum Gasteiger partial charge on any atom is -0.379 e. The lowest BCUT2D eigenvalue weighted by atomic mass is 10.1. The van der Waals surface area contributed by atoms with E-state index in [-0.39, 0.29) is 30.0 Å². The standard InChI is InChI=1S/C18H28F2N4O.HI/c1-13(12-24-6-8-25-9-7-24)11-22-18(21-3)23-14(2)15-4-5-16(19)17(20)10-15;/h4-5,10,13-14H,6-9,11-12H2,1-3H3,(H2,21,22,23);1H. The van der Waals surface area contributed by atoms with E-state index in [2.05, 4.69) is 27.4 Å². The van der Waals surface area contributed by atoms with Crippen LogP contribution in [0, 0.1) is 17.6 Å². The maximum atomic E-state index is 13.4. The monoisotopic (exact) mass is 482 g/mol. The first-order valence-corrected chi connectivity index (χ1v) is 8.71. The minimum absolute atomic E-state index is 0. The maximum absolute atomic E-state index is 13.4. The lowest BCUT2D eigenvalue weighted by Gasteiger charge is -2.29. The molecule has 1 fully saturated rings. The van der Waals surface area contributed by atoms with Crippen LogP contribution in [0.2, 0.25) is 0 Å². The van der Waals surface area contributed by atoms with E-state index in [9.17, 15) is 8.78 Å². The van der Waals surface area contributed by atoms with Crippen molar-refractivity contribution in [3.05, 3.63) is 35.4 Å². The van der Waals surface area contributed by atoms with Crippen LogP contribution < -0.4 is 10.6 Å². The van der Waals surface area contributed by atoms with Crippen molar-refractivity contribution in [1.82, 2.24) is 15.5 Å². The van der Waals surface area contributed by atoms with Gasteiger partial charge in [0, 0.05) is 33.2 Å². The van der Waals surface area contributed by atoms with Gasteiger partial charge in [0.1, 0.15) is 0 Å². The Hall–Kier alpha value is -1.00. The molecule has 1 saturated heterocycles. The Labute approximate surface area is 171 Å². The van der Waals surface area contributed by atoms with Crippen LogP contribution in [0.1, 0.15) is 25.5 Å². The number of nitrogens with one attached hydrogen (secondary N) is 2. The highest BCUT2D eigenvalue weighted by Crippen LogP contribution is 2.15. The van der Waals surface area contributed by atoms with E-state index in [1.807, 2.05) is 6.92 Å². The van der Waals surface area contributed by atoms with Crippen molar-refractivity contribution in [1.29, 1.82) is 0 Å². The van der Waals surface area contributed by atoms with Crippen molar-refractivity contribution < 1.29 is 13.5 Å². The van der Waals surface area contributed by atoms with Crippen molar-refractivity contribution in [3.63, 3.8) is 0 Å². The van der Waals surface area contributed by atoms with Crippen LogP contribution in [-0.4, -0.2) is 57.3 Å². The summed E-state index contributed by atoms with van der Waals surface area (Å²) in [6, 6.07) is 3.74. The molecule has 1 aromatic carbocycles. The van der Waals surface area contributed by atoms with Crippen molar-refractivity contribution in [2.45, 2.75) is 19.9 Å². The van der Waals surface area contributed by atoms with Gasteiger partial charge in [-0.25, -0.2) is 8.78 Å². The van der Waals surface area contributed by atoms with Crippen LogP contribution in [0.3, 0.4) is 0 Å². The number of rotatable bonds is 6. The summed E-state index contributed by atoms with van der Waals surface area (Å²) in [6.07, 6.45) is 0. The van der Waals surface area contributed by atoms with Gasteiger partial charge in [-0.2, -0.15) is 0 Å². The second-order valence-corrected chi connectivity index (χ2v) is 6.51. The lowest BCUT2D eigenvalue weighted by Crippen LogP contribution is -2.44. The molecule has 1 aliphatic rings. The predicted octanol–water partition coefficient (Wildman–Crippen LogP) is 2.78. The van der Waals surface area contributed by atoms with Crippen molar-refractivity contribution >= 4 is 29.9 Å². The number of halogens is 3. The molecule has 0 aliphatic carbocycles. The predicted molar refractivity (Wildman–Crippen MR) is 111 cm³/mol. The summed E-state index contributed by atoms with van der Waals surface area (Å²) < 4.78 is 31.8. The van der Waals surface area contributed by atoms with Gasteiger partial charge < -0.3 is 15.4 Å². The van der Waals surface area contributed by atoms with Gasteiger partial charge >= 0.3 is 0 Å². The van der Waals surface area contributed by atoms with E-state index >= 15 is 0 Å². The quantitative estimate of drug-likeness (QED) is 0.372. The minimum atomic E-state index is -0.840. The van der Waals surface area contributed by atoms with Crippen molar-refractivity contribution in [2.75, 3.05) is 46.4 Å². The van der Waals surface area contributed by atoms with E-state index in [0.717, 1.165) is 45.5 Å². The molecule has 2 unspecified atom stereocenters. The molecular weight excluding hydrogens is 453 g/mol. The van der Waals surface area contributed by atoms with Gasteiger partial charge in [-0.05, 0) is 30.5 Å². The second kappa shape index (κ2) is 11.7. The molecular formula is C18H29F2IN4O. The molecule has 1 aliphatic heterocycles. The van der Waals surface area contributed by atoms with Crippen LogP contribution in [0.25, 0.3) is 0 Å². The highest BCUT2D eigenvalue weighted by atomic mass is 127. The zero-order valence-electron chi connectivity index (χ0n) is 15.6. The van der Waals surface area contributed by atoms with Crippen LogP contribution in [0.15, 0.2) is 23.2 Å². The SMILES string of the molecule is CN=C(NCC(C)CN1CCOCC1)NC(C)c1ccc(F)c(F)c1.I. The summed E-state index contributed by atoms with van der Waals surface area (Å²) in [7, 11) is 1.69. The Balaban J connectivity index is 0.00000338. The van der Waals surface area contributed by atoms with Crippen LogP contribution in [0.4, 0.5) is 8.78 Å². The molecule has 0 radical (unpaired) electrons. The number of morpholine rings is 1. The average molecular weight is 482 g/mol. The Morgan fingerprint density at radius 3 is 2.54 bits per heavy atom. The Morgan fingerprint density at radius 2 is 1.92 bits per heavy atom.